The summed E-state index contributed by atoms with van der Waals surface area (Å²) in [6, 6.07) is 3.85. The number of thiazole rings is 1. The predicted molar refractivity (Wildman–Crippen MR) is 94.0 cm³/mol. The van der Waals surface area contributed by atoms with E-state index in [1.54, 1.807) is 17.5 Å². The van der Waals surface area contributed by atoms with Gasteiger partial charge in [0.05, 0.1) is 22.8 Å². The summed E-state index contributed by atoms with van der Waals surface area (Å²) >= 11 is 1.63. The predicted octanol–water partition coefficient (Wildman–Crippen LogP) is 2.52. The van der Waals surface area contributed by atoms with Crippen molar-refractivity contribution in [2.24, 2.45) is 0 Å². The van der Waals surface area contributed by atoms with Crippen LogP contribution in [0.3, 0.4) is 0 Å². The molecule has 0 unspecified atom stereocenters. The Hall–Kier alpha value is -1.79. The summed E-state index contributed by atoms with van der Waals surface area (Å²) in [6.07, 6.45) is 3.16. The molecule has 0 saturated carbocycles. The van der Waals surface area contributed by atoms with Crippen molar-refractivity contribution in [3.8, 4) is 0 Å². The fourth-order valence-corrected chi connectivity index (χ4v) is 3.95. The van der Waals surface area contributed by atoms with Gasteiger partial charge in [-0.05, 0) is 45.2 Å². The van der Waals surface area contributed by atoms with E-state index in [1.165, 1.54) is 0 Å². The van der Waals surface area contributed by atoms with Gasteiger partial charge in [-0.1, -0.05) is 6.07 Å². The number of amides is 1. The first-order chi connectivity index (χ1) is 11.4. The zero-order chi connectivity index (χ0) is 17.3. The van der Waals surface area contributed by atoms with Crippen LogP contribution in [0.4, 0.5) is 0 Å². The maximum absolute atomic E-state index is 12.5. The Morgan fingerprint density at radius 3 is 2.54 bits per heavy atom. The topological polar surface area (TPSA) is 66.3 Å². The molecular weight excluding hydrogens is 322 g/mol. The molecule has 0 radical (unpaired) electrons. The normalized spacial score (nSPS) is 17.1. The lowest BCUT2D eigenvalue weighted by Crippen LogP contribution is -2.46. The lowest BCUT2D eigenvalue weighted by Gasteiger charge is -2.37. The third-order valence-electron chi connectivity index (χ3n) is 4.65. The fourth-order valence-electron chi connectivity index (χ4n) is 3.12. The van der Waals surface area contributed by atoms with Crippen LogP contribution in [0.2, 0.25) is 0 Å². The molecule has 0 aromatic carbocycles. The van der Waals surface area contributed by atoms with Crippen molar-refractivity contribution in [2.75, 3.05) is 13.1 Å². The molecule has 3 heterocycles. The lowest BCUT2D eigenvalue weighted by molar-refractivity contribution is -0.135. The highest BCUT2D eigenvalue weighted by Gasteiger charge is 2.36. The first-order valence-electron chi connectivity index (χ1n) is 8.23. The highest BCUT2D eigenvalue weighted by Crippen LogP contribution is 2.32. The molecule has 1 amide bonds. The van der Waals surface area contributed by atoms with E-state index >= 15 is 0 Å². The van der Waals surface area contributed by atoms with Gasteiger partial charge in [-0.15, -0.1) is 11.3 Å². The van der Waals surface area contributed by atoms with Crippen LogP contribution < -0.4 is 0 Å². The highest BCUT2D eigenvalue weighted by atomic mass is 32.1. The minimum Gasteiger partial charge on any atom is -0.383 e. The first-order valence-corrected chi connectivity index (χ1v) is 9.05. The number of rotatable bonds is 3. The van der Waals surface area contributed by atoms with Crippen molar-refractivity contribution >= 4 is 17.2 Å². The van der Waals surface area contributed by atoms with E-state index in [4.69, 9.17) is 0 Å². The highest BCUT2D eigenvalue weighted by molar-refractivity contribution is 7.11. The van der Waals surface area contributed by atoms with Crippen LogP contribution in [-0.2, 0) is 16.8 Å². The number of nitrogens with zero attached hydrogens (tertiary/aromatic N) is 3. The zero-order valence-corrected chi connectivity index (χ0v) is 15.2. The van der Waals surface area contributed by atoms with Gasteiger partial charge in [-0.25, -0.2) is 4.98 Å². The molecular formula is C18H23N3O2S. The van der Waals surface area contributed by atoms with E-state index in [0.29, 0.717) is 38.0 Å². The van der Waals surface area contributed by atoms with Crippen LogP contribution in [0.25, 0.3) is 0 Å². The van der Waals surface area contributed by atoms with Gasteiger partial charge >= 0.3 is 0 Å². The number of hydrogen-bond acceptors (Lipinski definition) is 5. The van der Waals surface area contributed by atoms with E-state index in [0.717, 1.165) is 21.1 Å². The average Bonchev–Trinajstić information content (AvgIpc) is 2.86. The van der Waals surface area contributed by atoms with Crippen molar-refractivity contribution in [1.29, 1.82) is 0 Å². The van der Waals surface area contributed by atoms with Crippen molar-refractivity contribution in [3.63, 3.8) is 0 Å². The Morgan fingerprint density at radius 2 is 2.00 bits per heavy atom. The second kappa shape index (κ2) is 6.61. The van der Waals surface area contributed by atoms with Crippen LogP contribution in [0.5, 0.6) is 0 Å². The van der Waals surface area contributed by atoms with Crippen LogP contribution in [-0.4, -0.2) is 39.0 Å². The Kier molecular flexibility index (Phi) is 4.69. The molecule has 0 aliphatic carbocycles. The van der Waals surface area contributed by atoms with E-state index in [-0.39, 0.29) is 5.91 Å². The van der Waals surface area contributed by atoms with Gasteiger partial charge in [0.1, 0.15) is 5.60 Å². The third kappa shape index (κ3) is 3.49. The molecule has 0 bridgehead atoms. The Labute approximate surface area is 146 Å². The van der Waals surface area contributed by atoms with Gasteiger partial charge < -0.3 is 10.0 Å². The van der Waals surface area contributed by atoms with E-state index < -0.39 is 5.60 Å². The molecule has 6 heteroatoms. The summed E-state index contributed by atoms with van der Waals surface area (Å²) < 4.78 is 0. The summed E-state index contributed by atoms with van der Waals surface area (Å²) in [7, 11) is 0. The number of pyridine rings is 1. The molecule has 1 aliphatic rings. The quantitative estimate of drug-likeness (QED) is 0.928. The van der Waals surface area contributed by atoms with Gasteiger partial charge in [-0.3, -0.25) is 9.78 Å². The maximum Gasteiger partial charge on any atom is 0.228 e. The SMILES string of the molecule is Cc1ccc(C2(O)CCN(C(=O)Cc3nc(C)sc3C)CC2)nc1. The van der Waals surface area contributed by atoms with Gasteiger partial charge in [0.2, 0.25) is 5.91 Å². The fraction of sp³-hybridized carbons (Fsp3) is 0.500. The number of aryl methyl sites for hydroxylation is 3. The molecule has 24 heavy (non-hydrogen) atoms. The molecule has 2 aromatic heterocycles. The van der Waals surface area contributed by atoms with Gasteiger partial charge in [0, 0.05) is 24.2 Å². The second-order valence-corrected chi connectivity index (χ2v) is 7.95. The lowest BCUT2D eigenvalue weighted by atomic mass is 9.87. The van der Waals surface area contributed by atoms with Gasteiger partial charge in [0.25, 0.3) is 0 Å². The third-order valence-corrected chi connectivity index (χ3v) is 5.58. The number of piperidine rings is 1. The van der Waals surface area contributed by atoms with E-state index in [2.05, 4.69) is 9.97 Å². The molecule has 1 N–H and O–H groups in total. The van der Waals surface area contributed by atoms with Crippen LogP contribution in [0.1, 0.15) is 39.7 Å². The Bertz CT molecular complexity index is 731. The van der Waals surface area contributed by atoms with Gasteiger partial charge in [-0.2, -0.15) is 0 Å². The number of likely N-dealkylation sites (tertiary alicyclic amines) is 1. The van der Waals surface area contributed by atoms with Crippen molar-refractivity contribution < 1.29 is 9.90 Å². The zero-order valence-electron chi connectivity index (χ0n) is 14.4. The average molecular weight is 345 g/mol. The minimum atomic E-state index is -0.933. The van der Waals surface area contributed by atoms with Crippen molar-refractivity contribution in [2.45, 2.75) is 45.6 Å². The number of hydrogen-bond donors (Lipinski definition) is 1. The maximum atomic E-state index is 12.5. The molecule has 0 atom stereocenters. The minimum absolute atomic E-state index is 0.0855. The second-order valence-electron chi connectivity index (χ2n) is 6.55. The summed E-state index contributed by atoms with van der Waals surface area (Å²) in [5.41, 5.74) is 1.72. The summed E-state index contributed by atoms with van der Waals surface area (Å²) in [4.78, 5) is 24.3. The first kappa shape index (κ1) is 17.0. The van der Waals surface area contributed by atoms with Crippen LogP contribution >= 0.6 is 11.3 Å². The number of aromatic nitrogens is 2. The molecule has 1 aliphatic heterocycles. The van der Waals surface area contributed by atoms with Crippen molar-refractivity contribution in [1.82, 2.24) is 14.9 Å². The number of aliphatic hydroxyl groups is 1. The Balaban J connectivity index is 1.63. The van der Waals surface area contributed by atoms with E-state index in [1.807, 2.05) is 37.8 Å². The van der Waals surface area contributed by atoms with Crippen LogP contribution in [0.15, 0.2) is 18.3 Å². The van der Waals surface area contributed by atoms with E-state index in [9.17, 15) is 9.90 Å². The number of carbonyl (C=O) groups is 1. The summed E-state index contributed by atoms with van der Waals surface area (Å²) in [5, 5.41) is 11.9. The standard InChI is InChI=1S/C18H23N3O2S/c1-12-4-5-16(19-11-12)18(23)6-8-21(9-7-18)17(22)10-15-13(2)24-14(3)20-15/h4-5,11,23H,6-10H2,1-3H3. The molecule has 1 saturated heterocycles. The molecule has 2 aromatic rings. The van der Waals surface area contributed by atoms with Crippen molar-refractivity contribution in [3.05, 3.63) is 45.2 Å². The van der Waals surface area contributed by atoms with Crippen LogP contribution in [0, 0.1) is 20.8 Å². The van der Waals surface area contributed by atoms with Gasteiger partial charge in [0.15, 0.2) is 0 Å². The molecule has 0 spiro atoms. The molecule has 3 rings (SSSR count). The largest absolute Gasteiger partial charge is 0.383 e. The smallest absolute Gasteiger partial charge is 0.228 e. The number of carbonyl (C=O) groups excluding carboxylic acids is 1. The molecule has 128 valence electrons. The molecule has 5 nitrogen and oxygen atoms in total. The Morgan fingerprint density at radius 1 is 1.29 bits per heavy atom. The monoisotopic (exact) mass is 345 g/mol. The molecule has 1 fully saturated rings. The summed E-state index contributed by atoms with van der Waals surface area (Å²) in [6.45, 7) is 7.04. The summed E-state index contributed by atoms with van der Waals surface area (Å²) in [5.74, 6) is 0.0855.